The van der Waals surface area contributed by atoms with E-state index < -0.39 is 32.1 Å². The molecule has 0 radical (unpaired) electrons. The molecule has 348 valence electrons. The topological polar surface area (TPSA) is 387 Å². The number of nitrogens with zero attached hydrogens (tertiary/aromatic N) is 6. The first-order valence-corrected chi connectivity index (χ1v) is 19.7. The van der Waals surface area contributed by atoms with E-state index in [0.29, 0.717) is 51.2 Å². The summed E-state index contributed by atoms with van der Waals surface area (Å²) < 4.78 is 19.5. The number of aromatic amines is 3. The van der Waals surface area contributed by atoms with E-state index in [4.69, 9.17) is 55.9 Å². The quantitative estimate of drug-likeness (QED) is 0.0577. The third kappa shape index (κ3) is 13.2. The van der Waals surface area contributed by atoms with Crippen molar-refractivity contribution in [3.63, 3.8) is 0 Å². The number of fused-ring (bicyclic) bond motifs is 3. The minimum Gasteiger partial charge on any atom is -0.478 e. The Labute approximate surface area is 386 Å². The molecule has 68 heavy (non-hydrogen) atoms. The van der Waals surface area contributed by atoms with Gasteiger partial charge in [0.2, 0.25) is 0 Å². The van der Waals surface area contributed by atoms with E-state index in [1.165, 1.54) is 56.1 Å². The van der Waals surface area contributed by atoms with Crippen LogP contribution in [0.2, 0.25) is 5.15 Å². The number of furan rings is 4. The summed E-state index contributed by atoms with van der Waals surface area (Å²) in [5, 5.41) is 62.9. The predicted octanol–water partition coefficient (Wildman–Crippen LogP) is 4.29. The molecule has 0 saturated heterocycles. The number of aromatic carboxylic acids is 3. The maximum Gasteiger partial charge on any atom is 0.526 e. The molecule has 10 aromatic rings. The number of rotatable bonds is 8. The average molecular weight is 952 g/mol. The van der Waals surface area contributed by atoms with Crippen molar-refractivity contribution in [1.82, 2.24) is 44.9 Å². The summed E-state index contributed by atoms with van der Waals surface area (Å²) in [7, 11) is -3.41. The van der Waals surface area contributed by atoms with Crippen LogP contribution in [0, 0.1) is 0 Å². The van der Waals surface area contributed by atoms with Gasteiger partial charge in [-0.3, -0.25) is 4.79 Å². The van der Waals surface area contributed by atoms with Gasteiger partial charge in [0, 0.05) is 41.5 Å². The lowest BCUT2D eigenvalue weighted by atomic mass is 9.87. The summed E-state index contributed by atoms with van der Waals surface area (Å²) in [5.74, 6) is -2.40. The summed E-state index contributed by atoms with van der Waals surface area (Å²) >= 11 is 5.73. The molecule has 27 heteroatoms. The number of carbonyl (C=O) groups excluding carboxylic acids is 1. The van der Waals surface area contributed by atoms with Crippen molar-refractivity contribution in [3.05, 3.63) is 132 Å². The highest BCUT2D eigenvalue weighted by molar-refractivity contribution is 6.57. The Morgan fingerprint density at radius 1 is 0.574 bits per heavy atom. The summed E-state index contributed by atoms with van der Waals surface area (Å²) in [4.78, 5) is 74.6. The molecule has 0 spiro atoms. The summed E-state index contributed by atoms with van der Waals surface area (Å²) in [6.07, 6.45) is 15.8. The second kappa shape index (κ2) is 24.0. The van der Waals surface area contributed by atoms with Gasteiger partial charge in [0.25, 0.3) is 0 Å². The maximum atomic E-state index is 10.8. The SMILES string of the molecule is CCC.Clc1ncnc2[nH]ccc12.O=C(O)c1coc(-c2ncnc3[nH]ccc23)c1.O=C(O)c1coc(-c2ncnc3[nH]ccc23)c1.O=C(O)c1coc(B(O)O)c1.O=Cc1coc(B(O)O)c1. The molecule has 0 aliphatic carbocycles. The van der Waals surface area contributed by atoms with Crippen LogP contribution in [0.25, 0.3) is 56.0 Å². The summed E-state index contributed by atoms with van der Waals surface area (Å²) in [5.41, 5.74) is 3.48. The molecule has 0 atom stereocenters. The number of carbonyl (C=O) groups is 4. The third-order valence-corrected chi connectivity index (χ3v) is 8.63. The van der Waals surface area contributed by atoms with E-state index in [1.54, 1.807) is 18.6 Å². The van der Waals surface area contributed by atoms with Crippen LogP contribution in [-0.4, -0.2) is 119 Å². The van der Waals surface area contributed by atoms with Crippen molar-refractivity contribution in [3.8, 4) is 22.9 Å². The summed E-state index contributed by atoms with van der Waals surface area (Å²) in [6.45, 7) is 4.25. The molecular weight excluding hydrogens is 916 g/mol. The second-order valence-corrected chi connectivity index (χ2v) is 13.6. The van der Waals surface area contributed by atoms with Crippen LogP contribution in [0.5, 0.6) is 0 Å². The number of aldehydes is 1. The molecule has 0 amide bonds. The molecule has 0 aliphatic rings. The number of H-pyrrole nitrogens is 3. The molecule has 0 fully saturated rings. The largest absolute Gasteiger partial charge is 0.526 e. The van der Waals surface area contributed by atoms with Crippen molar-refractivity contribution in [1.29, 1.82) is 0 Å². The van der Waals surface area contributed by atoms with Gasteiger partial charge in [0.1, 0.15) is 88.8 Å². The van der Waals surface area contributed by atoms with Crippen molar-refractivity contribution < 1.29 is 72.3 Å². The molecule has 10 aromatic heterocycles. The highest BCUT2D eigenvalue weighted by Gasteiger charge is 2.19. The molecule has 10 heterocycles. The Morgan fingerprint density at radius 2 is 0.956 bits per heavy atom. The van der Waals surface area contributed by atoms with Crippen molar-refractivity contribution in [2.24, 2.45) is 0 Å². The fourth-order valence-electron chi connectivity index (χ4n) is 5.29. The second-order valence-electron chi connectivity index (χ2n) is 13.2. The van der Waals surface area contributed by atoms with Gasteiger partial charge < -0.3 is 68.0 Å². The Morgan fingerprint density at radius 3 is 1.31 bits per heavy atom. The van der Waals surface area contributed by atoms with Gasteiger partial charge in [-0.05, 0) is 30.3 Å². The first kappa shape index (κ1) is 50.3. The number of aromatic nitrogens is 9. The lowest BCUT2D eigenvalue weighted by Gasteiger charge is -1.96. The van der Waals surface area contributed by atoms with Crippen molar-refractivity contribution in [2.75, 3.05) is 0 Å². The molecule has 10 rings (SSSR count). The number of carboxylic acids is 3. The number of hydrogen-bond acceptors (Lipinski definition) is 18. The molecule has 10 N–H and O–H groups in total. The predicted molar refractivity (Wildman–Crippen MR) is 241 cm³/mol. The minimum atomic E-state index is -1.76. The van der Waals surface area contributed by atoms with Crippen LogP contribution < -0.4 is 11.3 Å². The highest BCUT2D eigenvalue weighted by Crippen LogP contribution is 2.27. The van der Waals surface area contributed by atoms with Gasteiger partial charge in [0.05, 0.1) is 27.6 Å². The lowest BCUT2D eigenvalue weighted by molar-refractivity contribution is 0.0685. The monoisotopic (exact) mass is 951 g/mol. The molecule has 0 saturated carbocycles. The lowest BCUT2D eigenvalue weighted by Crippen LogP contribution is -2.28. The zero-order valence-electron chi connectivity index (χ0n) is 35.2. The molecule has 0 unspecified atom stereocenters. The average Bonchev–Trinajstić information content (AvgIpc) is 4.18. The zero-order chi connectivity index (χ0) is 49.3. The van der Waals surface area contributed by atoms with Gasteiger partial charge in [0.15, 0.2) is 17.8 Å². The minimum absolute atomic E-state index is 0.0258. The standard InChI is InChI=1S/2C11H7N3O3.C6H4ClN3.C5H5BO5.C5H5BO4.C3H8/c2*15-11(16)6-3-8(17-4-6)9-7-1-2-12-10(7)14-5-13-9;7-5-4-1-2-8-6(4)10-3-9-5;7-5(8)3-1-4(6(9)10)11-2-3;7-2-4-1-5(6(8)9)10-3-4;1-3-2/h2*1-5H,(H,15,16)(H,12,13,14);1-3H,(H,8,9,10);1-2,9-10H,(H,7,8);1-3,8-9H;3H2,1-2H3. The van der Waals surface area contributed by atoms with Gasteiger partial charge in [-0.25, -0.2) is 44.3 Å². The van der Waals surface area contributed by atoms with E-state index >= 15 is 0 Å². The Bertz CT molecular complexity index is 3100. The fourth-order valence-corrected chi connectivity index (χ4v) is 5.49. The van der Waals surface area contributed by atoms with Crippen LogP contribution in [0.15, 0.2) is 123 Å². The summed E-state index contributed by atoms with van der Waals surface area (Å²) in [6, 6.07) is 10.7. The van der Waals surface area contributed by atoms with Crippen molar-refractivity contribution in [2.45, 2.75) is 20.3 Å². The highest BCUT2D eigenvalue weighted by atomic mass is 35.5. The number of nitrogens with one attached hydrogen (secondary N) is 3. The number of hydrogen-bond donors (Lipinski definition) is 10. The van der Waals surface area contributed by atoms with Crippen LogP contribution in [0.4, 0.5) is 0 Å². The van der Waals surface area contributed by atoms with Crippen LogP contribution in [0.1, 0.15) is 61.7 Å². The molecular formula is C41H36B2ClN9O15. The number of carboxylic acid groups (broad SMARTS) is 3. The van der Waals surface area contributed by atoms with Gasteiger partial charge in [-0.2, -0.15) is 0 Å². The van der Waals surface area contributed by atoms with Crippen molar-refractivity contribution >= 4 is 94.5 Å². The van der Waals surface area contributed by atoms with E-state index in [-0.39, 0.29) is 28.0 Å². The maximum absolute atomic E-state index is 10.8. The van der Waals surface area contributed by atoms with Gasteiger partial charge in [-0.15, -0.1) is 0 Å². The first-order chi connectivity index (χ1) is 32.6. The Hall–Kier alpha value is -8.68. The number of halogens is 1. The molecule has 0 aliphatic heterocycles. The van der Waals surface area contributed by atoms with E-state index in [1.807, 2.05) is 18.2 Å². The Balaban J connectivity index is 0.000000160. The first-order valence-electron chi connectivity index (χ1n) is 19.4. The molecule has 0 aromatic carbocycles. The van der Waals surface area contributed by atoms with E-state index in [0.717, 1.165) is 40.4 Å². The van der Waals surface area contributed by atoms with Crippen LogP contribution in [-0.2, 0) is 0 Å². The molecule has 24 nitrogen and oxygen atoms in total. The van der Waals surface area contributed by atoms with E-state index in [2.05, 4.69) is 67.5 Å². The fraction of sp³-hybridized carbons (Fsp3) is 0.0732. The Kier molecular flexibility index (Phi) is 17.8. The van der Waals surface area contributed by atoms with Gasteiger partial charge in [-0.1, -0.05) is 31.9 Å². The van der Waals surface area contributed by atoms with E-state index in [9.17, 15) is 19.2 Å². The van der Waals surface area contributed by atoms with Crippen LogP contribution in [0.3, 0.4) is 0 Å². The molecule has 0 bridgehead atoms. The zero-order valence-corrected chi connectivity index (χ0v) is 36.0. The van der Waals surface area contributed by atoms with Crippen LogP contribution >= 0.6 is 11.6 Å². The third-order valence-electron chi connectivity index (χ3n) is 8.32. The smallest absolute Gasteiger partial charge is 0.478 e. The van der Waals surface area contributed by atoms with Gasteiger partial charge >= 0.3 is 32.1 Å². The normalized spacial score (nSPS) is 10.2.